The number of carbonyl (C=O) groups is 1. The maximum Gasteiger partial charge on any atom is 0.228 e. The monoisotopic (exact) mass is 240 g/mol. The molecule has 0 bridgehead atoms. The summed E-state index contributed by atoms with van der Waals surface area (Å²) in [6, 6.07) is 3.71. The molecule has 0 radical (unpaired) electrons. The van der Waals surface area contributed by atoms with Crippen LogP contribution in [0.2, 0.25) is 5.02 Å². The Morgan fingerprint density at radius 3 is 2.88 bits per heavy atom. The fourth-order valence-electron chi connectivity index (χ4n) is 1.52. The zero-order valence-corrected chi connectivity index (χ0v) is 9.26. The van der Waals surface area contributed by atoms with Crippen molar-refractivity contribution in [2.75, 3.05) is 6.61 Å². The van der Waals surface area contributed by atoms with Gasteiger partial charge in [-0.05, 0) is 37.1 Å². The average Bonchev–Trinajstić information content (AvgIpc) is 2.29. The fraction of sp³-hybridized carbons (Fsp3) is 0.250. The van der Waals surface area contributed by atoms with Gasteiger partial charge in [-0.3, -0.25) is 4.79 Å². The molecule has 0 N–H and O–H groups in total. The van der Waals surface area contributed by atoms with Crippen LogP contribution < -0.4 is 0 Å². The molecule has 2 nitrogen and oxygen atoms in total. The number of rotatable bonds is 2. The van der Waals surface area contributed by atoms with E-state index in [0.717, 1.165) is 18.9 Å². The molecule has 0 spiro atoms. The standard InChI is InChI=1S/C12H10ClFO2/c13-10-7-8(14)4-5-9(10)12(15)11-3-1-2-6-16-11/h3-5,7H,1-2,6H2. The van der Waals surface area contributed by atoms with E-state index < -0.39 is 5.82 Å². The smallest absolute Gasteiger partial charge is 0.228 e. The Labute approximate surface area is 97.7 Å². The third-order valence-electron chi connectivity index (χ3n) is 2.34. The second kappa shape index (κ2) is 4.66. The van der Waals surface area contributed by atoms with Crippen LogP contribution in [-0.4, -0.2) is 12.4 Å². The Balaban J connectivity index is 2.30. The highest BCUT2D eigenvalue weighted by Crippen LogP contribution is 2.22. The van der Waals surface area contributed by atoms with Crippen molar-refractivity contribution < 1.29 is 13.9 Å². The van der Waals surface area contributed by atoms with Gasteiger partial charge < -0.3 is 4.74 Å². The molecular weight excluding hydrogens is 231 g/mol. The minimum atomic E-state index is -0.458. The first-order valence-corrected chi connectivity index (χ1v) is 5.39. The van der Waals surface area contributed by atoms with Crippen molar-refractivity contribution in [1.29, 1.82) is 0 Å². The Hall–Kier alpha value is -1.35. The van der Waals surface area contributed by atoms with Crippen molar-refractivity contribution in [2.45, 2.75) is 12.8 Å². The number of hydrogen-bond donors (Lipinski definition) is 0. The Morgan fingerprint density at radius 2 is 2.25 bits per heavy atom. The average molecular weight is 241 g/mol. The van der Waals surface area contributed by atoms with Crippen molar-refractivity contribution in [1.82, 2.24) is 0 Å². The summed E-state index contributed by atoms with van der Waals surface area (Å²) in [4.78, 5) is 11.9. The number of carbonyl (C=O) groups excluding carboxylic acids is 1. The van der Waals surface area contributed by atoms with Gasteiger partial charge in [-0.15, -0.1) is 0 Å². The highest BCUT2D eigenvalue weighted by molar-refractivity contribution is 6.34. The van der Waals surface area contributed by atoms with E-state index in [1.165, 1.54) is 12.1 Å². The van der Waals surface area contributed by atoms with Crippen molar-refractivity contribution in [3.8, 4) is 0 Å². The summed E-state index contributed by atoms with van der Waals surface area (Å²) in [5.74, 6) is -0.440. The molecule has 0 unspecified atom stereocenters. The van der Waals surface area contributed by atoms with Crippen LogP contribution in [0.5, 0.6) is 0 Å². The van der Waals surface area contributed by atoms with E-state index in [0.29, 0.717) is 12.4 Å². The summed E-state index contributed by atoms with van der Waals surface area (Å²) in [5, 5.41) is 0.111. The van der Waals surface area contributed by atoms with E-state index >= 15 is 0 Å². The Bertz CT molecular complexity index is 454. The van der Waals surface area contributed by atoms with E-state index in [9.17, 15) is 9.18 Å². The lowest BCUT2D eigenvalue weighted by Crippen LogP contribution is -2.11. The third kappa shape index (κ3) is 2.25. The van der Waals surface area contributed by atoms with Gasteiger partial charge in [-0.1, -0.05) is 11.6 Å². The fourth-order valence-corrected chi connectivity index (χ4v) is 1.78. The zero-order chi connectivity index (χ0) is 11.5. The van der Waals surface area contributed by atoms with Crippen LogP contribution in [-0.2, 0) is 4.74 Å². The molecule has 0 aromatic heterocycles. The summed E-state index contributed by atoms with van der Waals surface area (Å²) in [6.45, 7) is 0.538. The van der Waals surface area contributed by atoms with Crippen molar-refractivity contribution in [2.24, 2.45) is 0 Å². The quantitative estimate of drug-likeness (QED) is 0.741. The lowest BCUT2D eigenvalue weighted by Gasteiger charge is -2.14. The van der Waals surface area contributed by atoms with Crippen molar-refractivity contribution in [3.63, 3.8) is 0 Å². The molecule has 1 aliphatic rings. The third-order valence-corrected chi connectivity index (χ3v) is 2.65. The van der Waals surface area contributed by atoms with Gasteiger partial charge in [0.1, 0.15) is 5.82 Å². The molecule has 1 heterocycles. The van der Waals surface area contributed by atoms with Gasteiger partial charge in [-0.25, -0.2) is 4.39 Å². The molecular formula is C12H10ClFO2. The topological polar surface area (TPSA) is 26.3 Å². The van der Waals surface area contributed by atoms with Crippen LogP contribution in [0.15, 0.2) is 30.0 Å². The van der Waals surface area contributed by atoms with Gasteiger partial charge in [-0.2, -0.15) is 0 Å². The number of allylic oxidation sites excluding steroid dienone is 2. The van der Waals surface area contributed by atoms with Gasteiger partial charge in [0.15, 0.2) is 5.76 Å². The van der Waals surface area contributed by atoms with Gasteiger partial charge in [0.05, 0.1) is 11.6 Å². The summed E-state index contributed by atoms with van der Waals surface area (Å²) in [7, 11) is 0. The summed E-state index contributed by atoms with van der Waals surface area (Å²) >= 11 is 5.80. The molecule has 0 atom stereocenters. The number of hydrogen-bond acceptors (Lipinski definition) is 2. The van der Waals surface area contributed by atoms with Crippen molar-refractivity contribution in [3.05, 3.63) is 46.4 Å². The number of benzene rings is 1. The lowest BCUT2D eigenvalue weighted by atomic mass is 10.1. The molecule has 2 rings (SSSR count). The molecule has 0 aliphatic carbocycles. The molecule has 0 fully saturated rings. The van der Waals surface area contributed by atoms with Crippen LogP contribution in [0.3, 0.4) is 0 Å². The van der Waals surface area contributed by atoms with E-state index in [-0.39, 0.29) is 16.4 Å². The van der Waals surface area contributed by atoms with Crippen LogP contribution in [0.1, 0.15) is 23.2 Å². The predicted molar refractivity (Wildman–Crippen MR) is 59.0 cm³/mol. The minimum Gasteiger partial charge on any atom is -0.490 e. The summed E-state index contributed by atoms with van der Waals surface area (Å²) < 4.78 is 18.1. The molecule has 1 aromatic carbocycles. The first-order valence-electron chi connectivity index (χ1n) is 5.01. The van der Waals surface area contributed by atoms with Crippen LogP contribution in [0.25, 0.3) is 0 Å². The molecule has 4 heteroatoms. The second-order valence-corrected chi connectivity index (χ2v) is 3.92. The largest absolute Gasteiger partial charge is 0.490 e. The zero-order valence-electron chi connectivity index (χ0n) is 8.50. The van der Waals surface area contributed by atoms with E-state index in [1.807, 2.05) is 0 Å². The molecule has 84 valence electrons. The van der Waals surface area contributed by atoms with Gasteiger partial charge >= 0.3 is 0 Å². The molecule has 1 aromatic rings. The highest BCUT2D eigenvalue weighted by Gasteiger charge is 2.18. The normalized spacial score (nSPS) is 15.2. The molecule has 16 heavy (non-hydrogen) atoms. The van der Waals surface area contributed by atoms with Crippen LogP contribution in [0.4, 0.5) is 4.39 Å². The number of ether oxygens (including phenoxy) is 1. The summed E-state index contributed by atoms with van der Waals surface area (Å²) in [5.41, 5.74) is 0.274. The number of halogens is 2. The molecule has 0 amide bonds. The Kier molecular flexibility index (Phi) is 3.25. The minimum absolute atomic E-state index is 0.111. The molecule has 0 saturated heterocycles. The van der Waals surface area contributed by atoms with E-state index in [1.54, 1.807) is 6.08 Å². The van der Waals surface area contributed by atoms with Crippen LogP contribution in [0, 0.1) is 5.82 Å². The van der Waals surface area contributed by atoms with Gasteiger partial charge in [0.25, 0.3) is 0 Å². The maximum absolute atomic E-state index is 12.8. The van der Waals surface area contributed by atoms with Crippen LogP contribution >= 0.6 is 11.6 Å². The maximum atomic E-state index is 12.8. The first-order chi connectivity index (χ1) is 7.68. The molecule has 1 aliphatic heterocycles. The summed E-state index contributed by atoms with van der Waals surface area (Å²) in [6.07, 6.45) is 3.47. The van der Waals surface area contributed by atoms with Gasteiger partial charge in [0.2, 0.25) is 5.78 Å². The van der Waals surface area contributed by atoms with Crippen molar-refractivity contribution >= 4 is 17.4 Å². The van der Waals surface area contributed by atoms with E-state index in [4.69, 9.17) is 16.3 Å². The Morgan fingerprint density at radius 1 is 1.44 bits per heavy atom. The van der Waals surface area contributed by atoms with E-state index in [2.05, 4.69) is 0 Å². The lowest BCUT2D eigenvalue weighted by molar-refractivity contribution is 0.0899. The number of ketones is 1. The SMILES string of the molecule is O=C(C1=CCCCO1)c1ccc(F)cc1Cl. The number of Topliss-reactive ketones (excluding diaryl/α,β-unsaturated/α-hetero) is 1. The predicted octanol–water partition coefficient (Wildman–Crippen LogP) is 3.36. The first kappa shape index (κ1) is 11.1. The molecule has 0 saturated carbocycles. The second-order valence-electron chi connectivity index (χ2n) is 3.51. The highest BCUT2D eigenvalue weighted by atomic mass is 35.5. The van der Waals surface area contributed by atoms with Gasteiger partial charge in [0, 0.05) is 5.56 Å².